The van der Waals surface area contributed by atoms with Crippen LogP contribution in [0.25, 0.3) is 0 Å². The number of carbonyl (C=O) groups excluding carboxylic acids is 1. The van der Waals surface area contributed by atoms with E-state index in [1.807, 2.05) is 0 Å². The van der Waals surface area contributed by atoms with Crippen LogP contribution in [0.3, 0.4) is 0 Å². The van der Waals surface area contributed by atoms with Crippen LogP contribution >= 0.6 is 11.6 Å². The molecule has 8 heteroatoms. The molecule has 2 fully saturated rings. The molecule has 1 N–H and O–H groups in total. The van der Waals surface area contributed by atoms with Crippen LogP contribution in [0, 0.1) is 5.92 Å². The zero-order valence-electron chi connectivity index (χ0n) is 15.6. The van der Waals surface area contributed by atoms with Gasteiger partial charge in [-0.15, -0.1) is 0 Å². The highest BCUT2D eigenvalue weighted by Crippen LogP contribution is 2.24. The van der Waals surface area contributed by atoms with Gasteiger partial charge in [0.2, 0.25) is 15.9 Å². The fraction of sp³-hybridized carbons (Fsp3) is 0.632. The van der Waals surface area contributed by atoms with Crippen LogP contribution < -0.4 is 5.32 Å². The quantitative estimate of drug-likeness (QED) is 0.696. The van der Waals surface area contributed by atoms with Crippen molar-refractivity contribution in [1.29, 1.82) is 0 Å². The molecule has 0 spiro atoms. The van der Waals surface area contributed by atoms with Gasteiger partial charge in [-0.1, -0.05) is 11.6 Å². The number of hydrogen-bond acceptors (Lipinski definition) is 4. The van der Waals surface area contributed by atoms with Gasteiger partial charge in [-0.2, -0.15) is 4.31 Å². The van der Waals surface area contributed by atoms with Crippen LogP contribution in [0.2, 0.25) is 5.02 Å². The van der Waals surface area contributed by atoms with Gasteiger partial charge in [-0.3, -0.25) is 4.79 Å². The van der Waals surface area contributed by atoms with Crippen molar-refractivity contribution in [3.63, 3.8) is 0 Å². The molecule has 150 valence electrons. The van der Waals surface area contributed by atoms with Gasteiger partial charge < -0.3 is 10.2 Å². The first kappa shape index (κ1) is 20.6. The summed E-state index contributed by atoms with van der Waals surface area (Å²) < 4.78 is 26.8. The van der Waals surface area contributed by atoms with Gasteiger partial charge in [0, 0.05) is 30.6 Å². The van der Waals surface area contributed by atoms with Crippen molar-refractivity contribution in [2.45, 2.75) is 37.0 Å². The minimum absolute atomic E-state index is 0.0555. The Morgan fingerprint density at radius 3 is 2.33 bits per heavy atom. The maximum Gasteiger partial charge on any atom is 0.243 e. The molecule has 2 aliphatic rings. The van der Waals surface area contributed by atoms with E-state index in [1.54, 1.807) is 12.1 Å². The maximum atomic E-state index is 12.7. The Hall–Kier alpha value is -1.15. The Kier molecular flexibility index (Phi) is 7.14. The van der Waals surface area contributed by atoms with Crippen molar-refractivity contribution < 1.29 is 13.2 Å². The van der Waals surface area contributed by atoms with Gasteiger partial charge >= 0.3 is 0 Å². The lowest BCUT2D eigenvalue weighted by molar-refractivity contribution is -0.126. The smallest absolute Gasteiger partial charge is 0.243 e. The van der Waals surface area contributed by atoms with E-state index >= 15 is 0 Å². The van der Waals surface area contributed by atoms with Crippen LogP contribution in [0.5, 0.6) is 0 Å². The molecule has 0 radical (unpaired) electrons. The Labute approximate surface area is 166 Å². The largest absolute Gasteiger partial charge is 0.356 e. The first-order valence-corrected chi connectivity index (χ1v) is 11.5. The number of benzene rings is 1. The van der Waals surface area contributed by atoms with E-state index in [-0.39, 0.29) is 16.7 Å². The molecule has 2 heterocycles. The Bertz CT molecular complexity index is 725. The van der Waals surface area contributed by atoms with E-state index in [4.69, 9.17) is 11.6 Å². The third kappa shape index (κ3) is 5.44. The minimum atomic E-state index is -3.52. The van der Waals surface area contributed by atoms with Gasteiger partial charge in [0.15, 0.2) is 0 Å². The van der Waals surface area contributed by atoms with E-state index in [0.29, 0.717) is 37.5 Å². The second-order valence-electron chi connectivity index (χ2n) is 7.33. The fourth-order valence-electron chi connectivity index (χ4n) is 3.78. The highest BCUT2D eigenvalue weighted by molar-refractivity contribution is 7.89. The highest BCUT2D eigenvalue weighted by atomic mass is 35.5. The number of nitrogens with one attached hydrogen (secondary N) is 1. The molecule has 0 atom stereocenters. The number of sulfonamides is 1. The highest BCUT2D eigenvalue weighted by Gasteiger charge is 2.31. The van der Waals surface area contributed by atoms with Gasteiger partial charge in [0.1, 0.15) is 0 Å². The summed E-state index contributed by atoms with van der Waals surface area (Å²) in [5.74, 6) is -0.0478. The van der Waals surface area contributed by atoms with Crippen molar-refractivity contribution in [2.75, 3.05) is 39.3 Å². The Balaban J connectivity index is 1.42. The van der Waals surface area contributed by atoms with Gasteiger partial charge in [0.25, 0.3) is 0 Å². The molecule has 0 aromatic heterocycles. The van der Waals surface area contributed by atoms with Crippen molar-refractivity contribution in [3.8, 4) is 0 Å². The number of hydrogen-bond donors (Lipinski definition) is 1. The lowest BCUT2D eigenvalue weighted by Crippen LogP contribution is -2.43. The number of rotatable bonds is 7. The number of carbonyl (C=O) groups is 1. The zero-order chi connectivity index (χ0) is 19.3. The molecule has 6 nitrogen and oxygen atoms in total. The molecule has 0 aliphatic carbocycles. The lowest BCUT2D eigenvalue weighted by atomic mass is 9.97. The predicted octanol–water partition coefficient (Wildman–Crippen LogP) is 2.34. The lowest BCUT2D eigenvalue weighted by Gasteiger charge is -2.30. The molecule has 3 rings (SSSR count). The van der Waals surface area contributed by atoms with Crippen LogP contribution in [0.15, 0.2) is 29.2 Å². The molecule has 2 saturated heterocycles. The third-order valence-corrected chi connectivity index (χ3v) is 7.59. The second kappa shape index (κ2) is 9.37. The summed E-state index contributed by atoms with van der Waals surface area (Å²) in [4.78, 5) is 15.0. The summed E-state index contributed by atoms with van der Waals surface area (Å²) >= 11 is 5.83. The molecule has 0 unspecified atom stereocenters. The monoisotopic (exact) mass is 413 g/mol. The molecular formula is C19H28ClN3O3S. The van der Waals surface area contributed by atoms with Gasteiger partial charge in [-0.05, 0) is 76.0 Å². The standard InChI is InChI=1S/C19H28ClN3O3S/c20-17-4-6-18(7-5-17)27(25,26)23-14-8-16(9-15-23)19(24)21-10-3-13-22-11-1-2-12-22/h4-7,16H,1-3,8-15H2,(H,21,24). The molecule has 0 bridgehead atoms. The molecule has 0 saturated carbocycles. The van der Waals surface area contributed by atoms with E-state index in [9.17, 15) is 13.2 Å². The second-order valence-corrected chi connectivity index (χ2v) is 9.70. The summed E-state index contributed by atoms with van der Waals surface area (Å²) in [6.07, 6.45) is 4.65. The average Bonchev–Trinajstić information content (AvgIpc) is 3.19. The SMILES string of the molecule is O=C(NCCCN1CCCC1)C1CCN(S(=O)(=O)c2ccc(Cl)cc2)CC1. The molecular weight excluding hydrogens is 386 g/mol. The maximum absolute atomic E-state index is 12.7. The van der Waals surface area contributed by atoms with Crippen molar-refractivity contribution in [2.24, 2.45) is 5.92 Å². The number of nitrogens with zero attached hydrogens (tertiary/aromatic N) is 2. The number of amides is 1. The first-order chi connectivity index (χ1) is 13.0. The molecule has 2 aliphatic heterocycles. The van der Waals surface area contributed by atoms with Crippen LogP contribution in [-0.4, -0.2) is 62.8 Å². The summed E-state index contributed by atoms with van der Waals surface area (Å²) in [5.41, 5.74) is 0. The summed E-state index contributed by atoms with van der Waals surface area (Å²) in [6, 6.07) is 6.21. The van der Waals surface area contributed by atoms with Crippen LogP contribution in [-0.2, 0) is 14.8 Å². The summed E-state index contributed by atoms with van der Waals surface area (Å²) in [5, 5.41) is 3.53. The molecule has 27 heavy (non-hydrogen) atoms. The van der Waals surface area contributed by atoms with Crippen LogP contribution in [0.4, 0.5) is 0 Å². The van der Waals surface area contributed by atoms with Gasteiger partial charge in [-0.25, -0.2) is 8.42 Å². The van der Waals surface area contributed by atoms with Gasteiger partial charge in [0.05, 0.1) is 4.90 Å². The normalized spacial score (nSPS) is 20.0. The van der Waals surface area contributed by atoms with Crippen molar-refractivity contribution in [1.82, 2.24) is 14.5 Å². The van der Waals surface area contributed by atoms with Crippen molar-refractivity contribution >= 4 is 27.5 Å². The predicted molar refractivity (Wildman–Crippen MR) is 106 cm³/mol. The summed E-state index contributed by atoms with van der Waals surface area (Å²) in [7, 11) is -3.52. The first-order valence-electron chi connectivity index (χ1n) is 9.72. The number of piperidine rings is 1. The van der Waals surface area contributed by atoms with E-state index in [1.165, 1.54) is 42.4 Å². The molecule has 1 amide bonds. The van der Waals surface area contributed by atoms with E-state index in [2.05, 4.69) is 10.2 Å². The fourth-order valence-corrected chi connectivity index (χ4v) is 5.37. The van der Waals surface area contributed by atoms with Crippen molar-refractivity contribution in [3.05, 3.63) is 29.3 Å². The van der Waals surface area contributed by atoms with E-state index < -0.39 is 10.0 Å². The minimum Gasteiger partial charge on any atom is -0.356 e. The molecule has 1 aromatic rings. The topological polar surface area (TPSA) is 69.7 Å². The average molecular weight is 414 g/mol. The Morgan fingerprint density at radius 1 is 1.07 bits per heavy atom. The summed E-state index contributed by atoms with van der Waals surface area (Å²) in [6.45, 7) is 4.83. The van der Waals surface area contributed by atoms with Crippen LogP contribution in [0.1, 0.15) is 32.1 Å². The number of likely N-dealkylation sites (tertiary alicyclic amines) is 1. The zero-order valence-corrected chi connectivity index (χ0v) is 17.1. The number of halogens is 1. The third-order valence-electron chi connectivity index (χ3n) is 5.43. The van der Waals surface area contributed by atoms with E-state index in [0.717, 1.165) is 13.0 Å². The molecule has 1 aromatic carbocycles. The Morgan fingerprint density at radius 2 is 1.70 bits per heavy atom.